The number of ketones is 1. The van der Waals surface area contributed by atoms with Crippen LogP contribution in [0, 0.1) is 5.92 Å². The van der Waals surface area contributed by atoms with Gasteiger partial charge in [0.1, 0.15) is 5.75 Å². The molecule has 1 aliphatic rings. The summed E-state index contributed by atoms with van der Waals surface area (Å²) in [5.41, 5.74) is 0.519. The van der Waals surface area contributed by atoms with Gasteiger partial charge in [0.15, 0.2) is 5.78 Å². The van der Waals surface area contributed by atoms with Gasteiger partial charge in [-0.3, -0.25) is 4.79 Å². The highest BCUT2D eigenvalue weighted by Crippen LogP contribution is 2.30. The molecule has 0 unspecified atom stereocenters. The van der Waals surface area contributed by atoms with Crippen molar-refractivity contribution in [3.05, 3.63) is 28.8 Å². The Morgan fingerprint density at radius 3 is 2.74 bits per heavy atom. The number of aliphatic hydroxyl groups is 1. The fourth-order valence-corrected chi connectivity index (χ4v) is 2.53. The van der Waals surface area contributed by atoms with E-state index in [4.69, 9.17) is 21.4 Å². The lowest BCUT2D eigenvalue weighted by Crippen LogP contribution is -2.15. The number of hydrogen-bond acceptors (Lipinski definition) is 3. The Labute approximate surface area is 118 Å². The molecule has 0 amide bonds. The molecule has 0 spiro atoms. The smallest absolute Gasteiger partial charge is 0.168 e. The van der Waals surface area contributed by atoms with E-state index in [-0.39, 0.29) is 18.5 Å². The Hall–Kier alpha value is -1.06. The lowest BCUT2D eigenvalue weighted by atomic mass is 10.0. The maximum absolute atomic E-state index is 11.9. The minimum Gasteiger partial charge on any atom is -0.489 e. The van der Waals surface area contributed by atoms with Gasteiger partial charge in [-0.05, 0) is 43.9 Å². The minimum atomic E-state index is -0.405. The first-order valence-corrected chi connectivity index (χ1v) is 7.11. The molecular formula is C15H19ClO3. The van der Waals surface area contributed by atoms with Crippen molar-refractivity contribution in [1.82, 2.24) is 0 Å². The van der Waals surface area contributed by atoms with Gasteiger partial charge in [0.25, 0.3) is 0 Å². The van der Waals surface area contributed by atoms with E-state index in [2.05, 4.69) is 0 Å². The van der Waals surface area contributed by atoms with Crippen LogP contribution in [0.4, 0.5) is 0 Å². The molecule has 3 nitrogen and oxygen atoms in total. The summed E-state index contributed by atoms with van der Waals surface area (Å²) < 4.78 is 5.83. The third-order valence-electron chi connectivity index (χ3n) is 3.53. The second-order valence-electron chi connectivity index (χ2n) is 5.12. The van der Waals surface area contributed by atoms with Crippen molar-refractivity contribution in [3.63, 3.8) is 0 Å². The molecule has 1 fully saturated rings. The number of ether oxygens (including phenoxy) is 1. The van der Waals surface area contributed by atoms with Crippen molar-refractivity contribution in [2.24, 2.45) is 5.92 Å². The summed E-state index contributed by atoms with van der Waals surface area (Å²) in [5, 5.41) is 9.46. The van der Waals surface area contributed by atoms with E-state index in [1.807, 2.05) is 0 Å². The minimum absolute atomic E-state index is 0.100. The maximum Gasteiger partial charge on any atom is 0.168 e. The molecule has 1 aliphatic carbocycles. The van der Waals surface area contributed by atoms with Crippen LogP contribution in [-0.4, -0.2) is 23.6 Å². The first-order chi connectivity index (χ1) is 9.11. The van der Waals surface area contributed by atoms with Crippen LogP contribution in [0.5, 0.6) is 5.75 Å². The molecule has 19 heavy (non-hydrogen) atoms. The van der Waals surface area contributed by atoms with Crippen LogP contribution >= 0.6 is 11.6 Å². The Morgan fingerprint density at radius 2 is 2.16 bits per heavy atom. The first kappa shape index (κ1) is 14.4. The molecule has 1 saturated carbocycles. The predicted molar refractivity (Wildman–Crippen MR) is 74.9 cm³/mol. The average Bonchev–Trinajstić information content (AvgIpc) is 2.92. The number of carbonyl (C=O) groups is 1. The molecule has 0 heterocycles. The SMILES string of the molecule is C[C@H](CO)C(=O)c1ccc(OC2CCCC2)c(Cl)c1. The molecule has 0 saturated heterocycles. The molecule has 1 atom stereocenters. The molecular weight excluding hydrogens is 264 g/mol. The zero-order chi connectivity index (χ0) is 13.8. The van der Waals surface area contributed by atoms with E-state index in [0.29, 0.717) is 16.3 Å². The number of aliphatic hydroxyl groups excluding tert-OH is 1. The Morgan fingerprint density at radius 1 is 1.47 bits per heavy atom. The molecule has 1 N–H and O–H groups in total. The van der Waals surface area contributed by atoms with E-state index in [1.54, 1.807) is 25.1 Å². The van der Waals surface area contributed by atoms with E-state index in [9.17, 15) is 4.79 Å². The summed E-state index contributed by atoms with van der Waals surface area (Å²) in [4.78, 5) is 11.9. The maximum atomic E-state index is 11.9. The Bertz CT molecular complexity index is 453. The molecule has 2 rings (SSSR count). The van der Waals surface area contributed by atoms with Crippen molar-refractivity contribution in [2.75, 3.05) is 6.61 Å². The van der Waals surface area contributed by atoms with Crippen molar-refractivity contribution < 1.29 is 14.6 Å². The standard InChI is InChI=1S/C15H19ClO3/c1-10(9-17)15(18)11-6-7-14(13(16)8-11)19-12-4-2-3-5-12/h6-8,10,12,17H,2-5,9H2,1H3/t10-/m1/s1. The van der Waals surface area contributed by atoms with Gasteiger partial charge in [-0.15, -0.1) is 0 Å². The predicted octanol–water partition coefficient (Wildman–Crippen LogP) is 3.47. The summed E-state index contributed by atoms with van der Waals surface area (Å²) >= 11 is 6.16. The largest absolute Gasteiger partial charge is 0.489 e. The van der Waals surface area contributed by atoms with Gasteiger partial charge in [-0.2, -0.15) is 0 Å². The number of rotatable bonds is 5. The highest BCUT2D eigenvalue weighted by Gasteiger charge is 2.19. The van der Waals surface area contributed by atoms with Crippen LogP contribution < -0.4 is 4.74 Å². The summed E-state index contributed by atoms with van der Waals surface area (Å²) in [7, 11) is 0. The third-order valence-corrected chi connectivity index (χ3v) is 3.83. The molecule has 1 aromatic rings. The highest BCUT2D eigenvalue weighted by atomic mass is 35.5. The molecule has 4 heteroatoms. The highest BCUT2D eigenvalue weighted by molar-refractivity contribution is 6.32. The molecule has 0 aromatic heterocycles. The van der Waals surface area contributed by atoms with E-state index in [0.717, 1.165) is 12.8 Å². The van der Waals surface area contributed by atoms with Gasteiger partial charge in [-0.1, -0.05) is 18.5 Å². The fraction of sp³-hybridized carbons (Fsp3) is 0.533. The van der Waals surface area contributed by atoms with Crippen LogP contribution in [0.3, 0.4) is 0 Å². The first-order valence-electron chi connectivity index (χ1n) is 6.73. The number of Topliss-reactive ketones (excluding diaryl/α,β-unsaturated/α-hetero) is 1. The molecule has 0 radical (unpaired) electrons. The second kappa shape index (κ2) is 6.40. The number of hydrogen-bond donors (Lipinski definition) is 1. The zero-order valence-electron chi connectivity index (χ0n) is 11.1. The Kier molecular flexibility index (Phi) is 4.83. The monoisotopic (exact) mass is 282 g/mol. The summed E-state index contributed by atoms with van der Waals surface area (Å²) in [6.45, 7) is 1.54. The van der Waals surface area contributed by atoms with Crippen LogP contribution in [-0.2, 0) is 0 Å². The fourth-order valence-electron chi connectivity index (χ4n) is 2.30. The van der Waals surface area contributed by atoms with Crippen LogP contribution in [0.15, 0.2) is 18.2 Å². The topological polar surface area (TPSA) is 46.5 Å². The van der Waals surface area contributed by atoms with Gasteiger partial charge in [0.2, 0.25) is 0 Å². The van der Waals surface area contributed by atoms with Crippen LogP contribution in [0.1, 0.15) is 43.0 Å². The van der Waals surface area contributed by atoms with E-state index >= 15 is 0 Å². The average molecular weight is 283 g/mol. The molecule has 0 bridgehead atoms. The summed E-state index contributed by atoms with van der Waals surface area (Å²) in [6.07, 6.45) is 4.78. The number of carbonyl (C=O) groups excluding carboxylic acids is 1. The summed E-state index contributed by atoms with van der Waals surface area (Å²) in [6, 6.07) is 5.09. The number of halogens is 1. The summed E-state index contributed by atoms with van der Waals surface area (Å²) in [5.74, 6) is 0.135. The normalized spacial score (nSPS) is 17.4. The molecule has 0 aliphatic heterocycles. The van der Waals surface area contributed by atoms with Crippen molar-refractivity contribution in [1.29, 1.82) is 0 Å². The van der Waals surface area contributed by atoms with E-state index in [1.165, 1.54) is 12.8 Å². The van der Waals surface area contributed by atoms with Crippen molar-refractivity contribution in [3.8, 4) is 5.75 Å². The second-order valence-corrected chi connectivity index (χ2v) is 5.52. The van der Waals surface area contributed by atoms with Crippen molar-refractivity contribution in [2.45, 2.75) is 38.7 Å². The quantitative estimate of drug-likeness (QED) is 0.841. The molecule has 1 aromatic carbocycles. The van der Waals surface area contributed by atoms with Crippen LogP contribution in [0.2, 0.25) is 5.02 Å². The van der Waals surface area contributed by atoms with Gasteiger partial charge < -0.3 is 9.84 Å². The van der Waals surface area contributed by atoms with Gasteiger partial charge in [-0.25, -0.2) is 0 Å². The lowest BCUT2D eigenvalue weighted by molar-refractivity contribution is 0.0877. The van der Waals surface area contributed by atoms with Crippen molar-refractivity contribution >= 4 is 17.4 Å². The van der Waals surface area contributed by atoms with Gasteiger partial charge >= 0.3 is 0 Å². The third kappa shape index (κ3) is 3.48. The molecule has 104 valence electrons. The lowest BCUT2D eigenvalue weighted by Gasteiger charge is -2.15. The van der Waals surface area contributed by atoms with Gasteiger partial charge in [0.05, 0.1) is 17.7 Å². The van der Waals surface area contributed by atoms with E-state index < -0.39 is 5.92 Å². The van der Waals surface area contributed by atoms with Crippen LogP contribution in [0.25, 0.3) is 0 Å². The Balaban J connectivity index is 2.10. The zero-order valence-corrected chi connectivity index (χ0v) is 11.8. The number of benzene rings is 1. The van der Waals surface area contributed by atoms with Gasteiger partial charge in [0, 0.05) is 11.5 Å².